The molecule has 2 heterocycles. The van der Waals surface area contributed by atoms with Crippen LogP contribution in [0.15, 0.2) is 48.7 Å². The number of carbonyl (C=O) groups is 1. The first-order valence-corrected chi connectivity index (χ1v) is 8.38. The summed E-state index contributed by atoms with van der Waals surface area (Å²) < 4.78 is 10.7. The van der Waals surface area contributed by atoms with E-state index in [-0.39, 0.29) is 12.7 Å². The van der Waals surface area contributed by atoms with Crippen molar-refractivity contribution in [3.63, 3.8) is 0 Å². The van der Waals surface area contributed by atoms with Crippen molar-refractivity contribution < 1.29 is 14.3 Å². The Morgan fingerprint density at radius 1 is 1.16 bits per heavy atom. The van der Waals surface area contributed by atoms with Gasteiger partial charge in [0.05, 0.1) is 0 Å². The van der Waals surface area contributed by atoms with Gasteiger partial charge < -0.3 is 19.4 Å². The molecule has 1 aromatic heterocycles. The molecule has 1 aliphatic rings. The van der Waals surface area contributed by atoms with Crippen molar-refractivity contribution in [1.82, 2.24) is 9.88 Å². The molecule has 5 nitrogen and oxygen atoms in total. The summed E-state index contributed by atoms with van der Waals surface area (Å²) in [6, 6.07) is 14.0. The van der Waals surface area contributed by atoms with E-state index in [1.54, 1.807) is 4.90 Å². The van der Waals surface area contributed by atoms with Crippen LogP contribution < -0.4 is 9.47 Å². The number of nitrogens with zero attached hydrogens (tertiary/aromatic N) is 1. The maximum atomic E-state index is 12.5. The summed E-state index contributed by atoms with van der Waals surface area (Å²) in [5, 5.41) is 1.19. The van der Waals surface area contributed by atoms with Crippen LogP contribution in [0.4, 0.5) is 0 Å². The van der Waals surface area contributed by atoms with Gasteiger partial charge in [-0.05, 0) is 35.7 Å². The number of aryl methyl sites for hydroxylation is 1. The van der Waals surface area contributed by atoms with Gasteiger partial charge in [-0.2, -0.15) is 0 Å². The minimum atomic E-state index is 0.128. The minimum Gasteiger partial charge on any atom is -0.454 e. The van der Waals surface area contributed by atoms with E-state index in [0.717, 1.165) is 29.0 Å². The fourth-order valence-corrected chi connectivity index (χ4v) is 3.17. The molecule has 1 amide bonds. The molecule has 1 N–H and O–H groups in total. The first kappa shape index (κ1) is 15.6. The summed E-state index contributed by atoms with van der Waals surface area (Å²) in [5.74, 6) is 1.64. The third-order valence-corrected chi connectivity index (χ3v) is 4.57. The smallest absolute Gasteiger partial charge is 0.231 e. The van der Waals surface area contributed by atoms with Gasteiger partial charge >= 0.3 is 0 Å². The molecule has 0 bridgehead atoms. The third kappa shape index (κ3) is 3.18. The molecule has 0 spiro atoms. The highest BCUT2D eigenvalue weighted by molar-refractivity contribution is 5.84. The van der Waals surface area contributed by atoms with Gasteiger partial charge in [-0.1, -0.05) is 24.3 Å². The standard InChI is InChI=1S/C20H20N2O3/c1-22(12-14-6-8-18-19(10-14)25-13-24-18)20(23)9-7-15-11-21-17-5-3-2-4-16(15)17/h2-6,8,10-11,21H,7,9,12-13H2,1H3. The maximum Gasteiger partial charge on any atom is 0.231 e. The Kier molecular flexibility index (Phi) is 4.06. The molecular weight excluding hydrogens is 316 g/mol. The van der Waals surface area contributed by atoms with Crippen LogP contribution in [-0.4, -0.2) is 29.6 Å². The van der Waals surface area contributed by atoms with Crippen LogP contribution in [0, 0.1) is 0 Å². The molecule has 25 heavy (non-hydrogen) atoms. The zero-order valence-corrected chi connectivity index (χ0v) is 14.1. The van der Waals surface area contributed by atoms with Gasteiger partial charge in [-0.15, -0.1) is 0 Å². The number of nitrogens with one attached hydrogen (secondary N) is 1. The minimum absolute atomic E-state index is 0.128. The molecular formula is C20H20N2O3. The van der Waals surface area contributed by atoms with Crippen molar-refractivity contribution >= 4 is 16.8 Å². The normalized spacial score (nSPS) is 12.5. The van der Waals surface area contributed by atoms with Crippen LogP contribution in [0.2, 0.25) is 0 Å². The van der Waals surface area contributed by atoms with Crippen molar-refractivity contribution in [2.75, 3.05) is 13.8 Å². The molecule has 3 aromatic rings. The van der Waals surface area contributed by atoms with E-state index in [2.05, 4.69) is 11.1 Å². The number of benzene rings is 2. The lowest BCUT2D eigenvalue weighted by Gasteiger charge is -2.17. The predicted molar refractivity (Wildman–Crippen MR) is 95.7 cm³/mol. The average Bonchev–Trinajstić information content (AvgIpc) is 3.26. The van der Waals surface area contributed by atoms with E-state index in [4.69, 9.17) is 9.47 Å². The number of H-pyrrole nitrogens is 1. The number of ether oxygens (including phenoxy) is 2. The third-order valence-electron chi connectivity index (χ3n) is 4.57. The molecule has 0 atom stereocenters. The number of hydrogen-bond acceptors (Lipinski definition) is 3. The summed E-state index contributed by atoms with van der Waals surface area (Å²) in [6.07, 6.45) is 3.22. The Morgan fingerprint density at radius 2 is 2.00 bits per heavy atom. The number of aromatic amines is 1. The van der Waals surface area contributed by atoms with Gasteiger partial charge in [0.2, 0.25) is 12.7 Å². The summed E-state index contributed by atoms with van der Waals surface area (Å²) in [6.45, 7) is 0.821. The van der Waals surface area contributed by atoms with Crippen molar-refractivity contribution in [3.8, 4) is 11.5 Å². The van der Waals surface area contributed by atoms with E-state index in [1.807, 2.05) is 49.6 Å². The summed E-state index contributed by atoms with van der Waals surface area (Å²) in [7, 11) is 1.84. The lowest BCUT2D eigenvalue weighted by molar-refractivity contribution is -0.130. The number of amides is 1. The zero-order chi connectivity index (χ0) is 17.2. The van der Waals surface area contributed by atoms with Crippen LogP contribution in [0.25, 0.3) is 10.9 Å². The Morgan fingerprint density at radius 3 is 2.92 bits per heavy atom. The lowest BCUT2D eigenvalue weighted by Crippen LogP contribution is -2.26. The van der Waals surface area contributed by atoms with E-state index >= 15 is 0 Å². The highest BCUT2D eigenvalue weighted by atomic mass is 16.7. The predicted octanol–water partition coefficient (Wildman–Crippen LogP) is 3.49. The van der Waals surface area contributed by atoms with Gasteiger partial charge in [0.25, 0.3) is 0 Å². The molecule has 1 aliphatic heterocycles. The van der Waals surface area contributed by atoms with Crippen LogP contribution >= 0.6 is 0 Å². The molecule has 5 heteroatoms. The monoisotopic (exact) mass is 336 g/mol. The molecule has 0 aliphatic carbocycles. The molecule has 0 saturated carbocycles. The molecule has 0 fully saturated rings. The highest BCUT2D eigenvalue weighted by Crippen LogP contribution is 2.32. The van der Waals surface area contributed by atoms with Gasteiger partial charge in [-0.25, -0.2) is 0 Å². The number of aromatic nitrogens is 1. The van der Waals surface area contributed by atoms with E-state index in [9.17, 15) is 4.79 Å². The van der Waals surface area contributed by atoms with Crippen molar-refractivity contribution in [2.45, 2.75) is 19.4 Å². The van der Waals surface area contributed by atoms with Gasteiger partial charge in [0, 0.05) is 37.1 Å². The second-order valence-electron chi connectivity index (χ2n) is 6.30. The van der Waals surface area contributed by atoms with Gasteiger partial charge in [-0.3, -0.25) is 4.79 Å². The molecule has 4 rings (SSSR count). The number of hydrogen-bond donors (Lipinski definition) is 1. The Balaban J connectivity index is 1.37. The Bertz CT molecular complexity index is 916. The number of fused-ring (bicyclic) bond motifs is 2. The number of rotatable bonds is 5. The van der Waals surface area contributed by atoms with Crippen LogP contribution in [0.1, 0.15) is 17.5 Å². The van der Waals surface area contributed by atoms with E-state index in [0.29, 0.717) is 13.0 Å². The van der Waals surface area contributed by atoms with Crippen LogP contribution in [0.3, 0.4) is 0 Å². The lowest BCUT2D eigenvalue weighted by atomic mass is 10.1. The Labute approximate surface area is 146 Å². The summed E-state index contributed by atoms with van der Waals surface area (Å²) >= 11 is 0. The van der Waals surface area contributed by atoms with Crippen molar-refractivity contribution in [2.24, 2.45) is 0 Å². The fraction of sp³-hybridized carbons (Fsp3) is 0.250. The van der Waals surface area contributed by atoms with Crippen molar-refractivity contribution in [3.05, 3.63) is 59.8 Å². The van der Waals surface area contributed by atoms with E-state index in [1.165, 1.54) is 10.9 Å². The number of para-hydroxylation sites is 1. The first-order chi connectivity index (χ1) is 12.2. The quantitative estimate of drug-likeness (QED) is 0.776. The van der Waals surface area contributed by atoms with Gasteiger partial charge in [0.15, 0.2) is 11.5 Å². The average molecular weight is 336 g/mol. The molecule has 2 aromatic carbocycles. The maximum absolute atomic E-state index is 12.5. The van der Waals surface area contributed by atoms with Crippen molar-refractivity contribution in [1.29, 1.82) is 0 Å². The SMILES string of the molecule is CN(Cc1ccc2c(c1)OCO2)C(=O)CCc1c[nH]c2ccccc12. The zero-order valence-electron chi connectivity index (χ0n) is 14.1. The fourth-order valence-electron chi connectivity index (χ4n) is 3.17. The second-order valence-corrected chi connectivity index (χ2v) is 6.30. The summed E-state index contributed by atoms with van der Waals surface area (Å²) in [4.78, 5) is 17.5. The Hall–Kier alpha value is -2.95. The second kappa shape index (κ2) is 6.51. The topological polar surface area (TPSA) is 54.6 Å². The van der Waals surface area contributed by atoms with Crippen LogP contribution in [0.5, 0.6) is 11.5 Å². The van der Waals surface area contributed by atoms with Crippen LogP contribution in [-0.2, 0) is 17.8 Å². The molecule has 0 saturated heterocycles. The van der Waals surface area contributed by atoms with Gasteiger partial charge in [0.1, 0.15) is 0 Å². The molecule has 128 valence electrons. The largest absolute Gasteiger partial charge is 0.454 e. The van der Waals surface area contributed by atoms with E-state index < -0.39 is 0 Å². The molecule has 0 unspecified atom stereocenters. The highest BCUT2D eigenvalue weighted by Gasteiger charge is 2.15. The first-order valence-electron chi connectivity index (χ1n) is 8.38. The number of carbonyl (C=O) groups excluding carboxylic acids is 1. The molecule has 0 radical (unpaired) electrons. The summed E-state index contributed by atoms with van der Waals surface area (Å²) in [5.41, 5.74) is 3.33.